The summed E-state index contributed by atoms with van der Waals surface area (Å²) in [5, 5.41) is 2.87. The van der Waals surface area contributed by atoms with Crippen LogP contribution in [0.3, 0.4) is 0 Å². The van der Waals surface area contributed by atoms with Crippen LogP contribution in [0.15, 0.2) is 22.8 Å². The van der Waals surface area contributed by atoms with E-state index in [0.29, 0.717) is 9.68 Å². The van der Waals surface area contributed by atoms with Gasteiger partial charge in [-0.15, -0.1) is 22.7 Å². The van der Waals surface area contributed by atoms with Crippen molar-refractivity contribution in [2.45, 2.75) is 13.3 Å². The van der Waals surface area contributed by atoms with Crippen molar-refractivity contribution in [1.82, 2.24) is 9.55 Å². The summed E-state index contributed by atoms with van der Waals surface area (Å²) in [5.41, 5.74) is 0. The van der Waals surface area contributed by atoms with Crippen molar-refractivity contribution in [3.8, 4) is 0 Å². The van der Waals surface area contributed by atoms with E-state index in [1.165, 1.54) is 22.7 Å². The molecule has 16 heavy (non-hydrogen) atoms. The van der Waals surface area contributed by atoms with Gasteiger partial charge in [0, 0.05) is 18.6 Å². The van der Waals surface area contributed by atoms with E-state index < -0.39 is 0 Å². The maximum atomic E-state index is 11.8. The quantitative estimate of drug-likeness (QED) is 0.820. The summed E-state index contributed by atoms with van der Waals surface area (Å²) < 4.78 is 1.82. The molecule has 2 aromatic heterocycles. The minimum Gasteiger partial charge on any atom is -0.327 e. The molecule has 0 unspecified atom stereocenters. The first-order valence-corrected chi connectivity index (χ1v) is 6.54. The van der Waals surface area contributed by atoms with Crippen LogP contribution in [0.25, 0.3) is 0 Å². The van der Waals surface area contributed by atoms with Gasteiger partial charge in [0.25, 0.3) is 5.91 Å². The topological polar surface area (TPSA) is 47.2 Å². The molecule has 0 N–H and O–H groups in total. The fourth-order valence-electron chi connectivity index (χ4n) is 1.15. The van der Waals surface area contributed by atoms with Gasteiger partial charge in [-0.1, -0.05) is 6.92 Å². The molecule has 6 heteroatoms. The molecule has 2 aromatic rings. The van der Waals surface area contributed by atoms with Crippen molar-refractivity contribution in [3.05, 3.63) is 32.5 Å². The van der Waals surface area contributed by atoms with Gasteiger partial charge in [0.15, 0.2) is 4.80 Å². The zero-order valence-corrected chi connectivity index (χ0v) is 10.6. The number of aromatic nitrogens is 2. The Kier molecular flexibility index (Phi) is 3.31. The Morgan fingerprint density at radius 2 is 2.44 bits per heavy atom. The smallest absolute Gasteiger partial charge is 0.291 e. The maximum absolute atomic E-state index is 11.8. The fraction of sp³-hybridized carbons (Fsp3) is 0.300. The van der Waals surface area contributed by atoms with Gasteiger partial charge in [0.2, 0.25) is 0 Å². The SMILES string of the molecule is CCc1ncc(C(=O)N=c2sccn2C)s1. The Bertz CT molecular complexity index is 564. The number of amides is 1. The molecular weight excluding hydrogens is 242 g/mol. The molecule has 0 aliphatic carbocycles. The van der Waals surface area contributed by atoms with Gasteiger partial charge in [-0.05, 0) is 6.42 Å². The molecular formula is C10H11N3OS2. The molecule has 0 radical (unpaired) electrons. The predicted octanol–water partition coefficient (Wildman–Crippen LogP) is 1.85. The van der Waals surface area contributed by atoms with Crippen molar-refractivity contribution >= 4 is 28.6 Å². The average molecular weight is 253 g/mol. The van der Waals surface area contributed by atoms with E-state index in [0.717, 1.165) is 11.4 Å². The Morgan fingerprint density at radius 1 is 1.62 bits per heavy atom. The molecule has 0 aliphatic rings. The summed E-state index contributed by atoms with van der Waals surface area (Å²) in [4.78, 5) is 21.3. The van der Waals surface area contributed by atoms with Gasteiger partial charge in [-0.3, -0.25) is 4.79 Å². The molecule has 0 saturated heterocycles. The summed E-state index contributed by atoms with van der Waals surface area (Å²) in [6.07, 6.45) is 4.33. The number of rotatable bonds is 2. The Morgan fingerprint density at radius 3 is 3.00 bits per heavy atom. The van der Waals surface area contributed by atoms with E-state index in [9.17, 15) is 4.79 Å². The average Bonchev–Trinajstić information content (AvgIpc) is 2.88. The van der Waals surface area contributed by atoms with Crippen molar-refractivity contribution < 1.29 is 4.79 Å². The van der Waals surface area contributed by atoms with Crippen LogP contribution in [-0.2, 0) is 13.5 Å². The van der Waals surface area contributed by atoms with E-state index in [1.54, 1.807) is 6.20 Å². The molecule has 0 bridgehead atoms. The third kappa shape index (κ3) is 2.28. The molecule has 2 rings (SSSR count). The van der Waals surface area contributed by atoms with Crippen molar-refractivity contribution in [1.29, 1.82) is 0 Å². The Balaban J connectivity index is 2.30. The van der Waals surface area contributed by atoms with Crippen molar-refractivity contribution in [2.75, 3.05) is 0 Å². The number of carbonyl (C=O) groups excluding carboxylic acids is 1. The van der Waals surface area contributed by atoms with Gasteiger partial charge in [0.05, 0.1) is 11.2 Å². The monoisotopic (exact) mass is 253 g/mol. The van der Waals surface area contributed by atoms with Gasteiger partial charge in [-0.25, -0.2) is 4.98 Å². The second-order valence-corrected chi connectivity index (χ2v) is 5.17. The molecule has 0 aromatic carbocycles. The van der Waals surface area contributed by atoms with Crippen LogP contribution in [0.1, 0.15) is 21.6 Å². The van der Waals surface area contributed by atoms with Crippen LogP contribution in [0.4, 0.5) is 0 Å². The highest BCUT2D eigenvalue weighted by molar-refractivity contribution is 7.13. The van der Waals surface area contributed by atoms with Crippen molar-refractivity contribution in [3.63, 3.8) is 0 Å². The number of carbonyl (C=O) groups is 1. The second-order valence-electron chi connectivity index (χ2n) is 3.19. The van der Waals surface area contributed by atoms with Crippen LogP contribution in [0, 0.1) is 0 Å². The normalized spacial score (nSPS) is 12.0. The highest BCUT2D eigenvalue weighted by Crippen LogP contribution is 2.14. The van der Waals surface area contributed by atoms with Crippen LogP contribution in [0.5, 0.6) is 0 Å². The third-order valence-electron chi connectivity index (χ3n) is 2.02. The second kappa shape index (κ2) is 4.71. The minimum absolute atomic E-state index is 0.213. The zero-order valence-electron chi connectivity index (χ0n) is 9.01. The van der Waals surface area contributed by atoms with Crippen LogP contribution >= 0.6 is 22.7 Å². The number of nitrogens with zero attached hydrogens (tertiary/aromatic N) is 3. The van der Waals surface area contributed by atoms with Gasteiger partial charge >= 0.3 is 0 Å². The number of hydrogen-bond acceptors (Lipinski definition) is 4. The van der Waals surface area contributed by atoms with Gasteiger partial charge in [-0.2, -0.15) is 4.99 Å². The standard InChI is InChI=1S/C10H11N3OS2/c1-3-8-11-6-7(16-8)9(14)12-10-13(2)4-5-15-10/h4-6H,3H2,1-2H3. The van der Waals surface area contributed by atoms with Crippen molar-refractivity contribution in [2.24, 2.45) is 12.0 Å². The third-order valence-corrected chi connectivity index (χ3v) is 4.00. The number of hydrogen-bond donors (Lipinski definition) is 0. The van der Waals surface area contributed by atoms with Crippen LogP contribution in [0.2, 0.25) is 0 Å². The largest absolute Gasteiger partial charge is 0.327 e. The first kappa shape index (κ1) is 11.2. The molecule has 0 saturated carbocycles. The lowest BCUT2D eigenvalue weighted by Gasteiger charge is -1.89. The highest BCUT2D eigenvalue weighted by Gasteiger charge is 2.08. The molecule has 0 atom stereocenters. The lowest BCUT2D eigenvalue weighted by molar-refractivity contribution is 0.100. The Hall–Kier alpha value is -1.27. The molecule has 2 heterocycles. The summed E-state index contributed by atoms with van der Waals surface area (Å²) in [5.74, 6) is -0.213. The first-order chi connectivity index (χ1) is 7.70. The summed E-state index contributed by atoms with van der Waals surface area (Å²) in [7, 11) is 1.87. The van der Waals surface area contributed by atoms with Gasteiger partial charge < -0.3 is 4.57 Å². The van der Waals surface area contributed by atoms with Crippen LogP contribution in [-0.4, -0.2) is 15.5 Å². The number of thiazole rings is 2. The molecule has 1 amide bonds. The van der Waals surface area contributed by atoms with E-state index in [1.807, 2.05) is 30.1 Å². The zero-order chi connectivity index (χ0) is 11.5. The molecule has 0 spiro atoms. The van der Waals surface area contributed by atoms with E-state index >= 15 is 0 Å². The summed E-state index contributed by atoms with van der Waals surface area (Å²) in [6, 6.07) is 0. The summed E-state index contributed by atoms with van der Waals surface area (Å²) in [6.45, 7) is 2.02. The predicted molar refractivity (Wildman–Crippen MR) is 64.7 cm³/mol. The Labute approximate surface area is 101 Å². The van der Waals surface area contributed by atoms with E-state index in [-0.39, 0.29) is 5.91 Å². The molecule has 84 valence electrons. The van der Waals surface area contributed by atoms with E-state index in [2.05, 4.69) is 9.98 Å². The fourth-order valence-corrected chi connectivity index (χ4v) is 2.62. The highest BCUT2D eigenvalue weighted by atomic mass is 32.1. The lowest BCUT2D eigenvalue weighted by atomic mass is 10.5. The molecule has 0 aliphatic heterocycles. The number of aryl methyl sites for hydroxylation is 2. The summed E-state index contributed by atoms with van der Waals surface area (Å²) >= 11 is 2.85. The van der Waals surface area contributed by atoms with E-state index in [4.69, 9.17) is 0 Å². The molecule has 0 fully saturated rings. The van der Waals surface area contributed by atoms with Crippen LogP contribution < -0.4 is 4.80 Å². The lowest BCUT2D eigenvalue weighted by Crippen LogP contribution is -2.12. The first-order valence-electron chi connectivity index (χ1n) is 4.84. The minimum atomic E-state index is -0.213. The van der Waals surface area contributed by atoms with Gasteiger partial charge in [0.1, 0.15) is 4.88 Å². The molecule has 4 nitrogen and oxygen atoms in total. The maximum Gasteiger partial charge on any atom is 0.291 e.